The standard InChI is InChI=1S/C13H17FN2O5/c1-8(2)15(4-5-17)11-6-9(13(18)21-3)10(14)7-12(11)16(19)20/h6-8,17H,4-5H2,1-3H3. The molecule has 0 spiro atoms. The van der Waals surface area contributed by atoms with E-state index < -0.39 is 22.4 Å². The first kappa shape index (κ1) is 16.8. The molecule has 0 saturated carbocycles. The summed E-state index contributed by atoms with van der Waals surface area (Å²) in [5, 5.41) is 20.2. The van der Waals surface area contributed by atoms with Crippen LogP contribution in [0, 0.1) is 15.9 Å². The Bertz CT molecular complexity index is 548. The lowest BCUT2D eigenvalue weighted by Gasteiger charge is -2.28. The van der Waals surface area contributed by atoms with Crippen LogP contribution in [0.15, 0.2) is 12.1 Å². The lowest BCUT2D eigenvalue weighted by atomic mass is 10.1. The van der Waals surface area contributed by atoms with E-state index in [9.17, 15) is 19.3 Å². The van der Waals surface area contributed by atoms with Crippen LogP contribution in [0.25, 0.3) is 0 Å². The molecule has 0 aromatic heterocycles. The third-order valence-electron chi connectivity index (χ3n) is 2.94. The number of esters is 1. The van der Waals surface area contributed by atoms with E-state index in [1.54, 1.807) is 13.8 Å². The molecule has 0 aliphatic carbocycles. The molecular formula is C13H17FN2O5. The van der Waals surface area contributed by atoms with Crippen molar-refractivity contribution in [2.45, 2.75) is 19.9 Å². The third-order valence-corrected chi connectivity index (χ3v) is 2.94. The Balaban J connectivity index is 3.51. The topological polar surface area (TPSA) is 92.9 Å². The van der Waals surface area contributed by atoms with E-state index in [0.717, 1.165) is 13.2 Å². The van der Waals surface area contributed by atoms with Crippen LogP contribution < -0.4 is 4.90 Å². The molecule has 116 valence electrons. The van der Waals surface area contributed by atoms with Crippen molar-refractivity contribution < 1.29 is 24.0 Å². The molecule has 0 unspecified atom stereocenters. The number of nitrogens with zero attached hydrogens (tertiary/aromatic N) is 2. The fourth-order valence-corrected chi connectivity index (χ4v) is 1.96. The summed E-state index contributed by atoms with van der Waals surface area (Å²) in [5.41, 5.74) is -0.796. The van der Waals surface area contributed by atoms with E-state index in [1.165, 1.54) is 4.90 Å². The van der Waals surface area contributed by atoms with Crippen LogP contribution in [0.3, 0.4) is 0 Å². The maximum Gasteiger partial charge on any atom is 0.340 e. The predicted molar refractivity (Wildman–Crippen MR) is 74.0 cm³/mol. The second-order valence-electron chi connectivity index (χ2n) is 4.58. The van der Waals surface area contributed by atoms with Crippen molar-refractivity contribution >= 4 is 17.3 Å². The lowest BCUT2D eigenvalue weighted by molar-refractivity contribution is -0.384. The highest BCUT2D eigenvalue weighted by molar-refractivity contribution is 5.92. The fourth-order valence-electron chi connectivity index (χ4n) is 1.96. The SMILES string of the molecule is COC(=O)c1cc(N(CCO)C(C)C)c([N+](=O)[O-])cc1F. The number of hydrogen-bond donors (Lipinski definition) is 1. The Morgan fingerprint density at radius 2 is 2.14 bits per heavy atom. The first-order valence-electron chi connectivity index (χ1n) is 6.27. The molecule has 0 aliphatic rings. The number of carbonyl (C=O) groups is 1. The number of benzene rings is 1. The molecule has 8 heteroatoms. The van der Waals surface area contributed by atoms with Crippen molar-refractivity contribution in [2.24, 2.45) is 0 Å². The van der Waals surface area contributed by atoms with Crippen LogP contribution >= 0.6 is 0 Å². The van der Waals surface area contributed by atoms with Gasteiger partial charge >= 0.3 is 5.97 Å². The van der Waals surface area contributed by atoms with E-state index in [-0.39, 0.29) is 30.4 Å². The highest BCUT2D eigenvalue weighted by Crippen LogP contribution is 2.32. The zero-order valence-corrected chi connectivity index (χ0v) is 12.0. The molecule has 0 heterocycles. The number of anilines is 1. The minimum atomic E-state index is -1.02. The zero-order valence-electron chi connectivity index (χ0n) is 12.0. The van der Waals surface area contributed by atoms with Crippen LogP contribution in [0.2, 0.25) is 0 Å². The van der Waals surface area contributed by atoms with Crippen LogP contribution in [0.1, 0.15) is 24.2 Å². The van der Waals surface area contributed by atoms with Gasteiger partial charge in [0.05, 0.1) is 30.3 Å². The molecule has 0 amide bonds. The summed E-state index contributed by atoms with van der Waals surface area (Å²) in [4.78, 5) is 23.4. The summed E-state index contributed by atoms with van der Waals surface area (Å²) >= 11 is 0. The molecule has 0 bridgehead atoms. The predicted octanol–water partition coefficient (Wildman–Crippen LogP) is 1.73. The number of halogens is 1. The van der Waals surface area contributed by atoms with Crippen molar-refractivity contribution in [3.63, 3.8) is 0 Å². The number of ether oxygens (including phenoxy) is 1. The van der Waals surface area contributed by atoms with Gasteiger partial charge in [-0.05, 0) is 19.9 Å². The van der Waals surface area contributed by atoms with E-state index in [2.05, 4.69) is 4.74 Å². The van der Waals surface area contributed by atoms with Gasteiger partial charge < -0.3 is 14.7 Å². The molecule has 0 fully saturated rings. The number of hydrogen-bond acceptors (Lipinski definition) is 6. The van der Waals surface area contributed by atoms with Gasteiger partial charge in [-0.2, -0.15) is 0 Å². The molecule has 0 saturated heterocycles. The number of methoxy groups -OCH3 is 1. The molecular weight excluding hydrogens is 283 g/mol. The summed E-state index contributed by atoms with van der Waals surface area (Å²) in [5.74, 6) is -1.94. The van der Waals surface area contributed by atoms with Gasteiger partial charge in [-0.25, -0.2) is 9.18 Å². The third kappa shape index (κ3) is 3.66. The number of aliphatic hydroxyl groups excluding tert-OH is 1. The number of aliphatic hydroxyl groups is 1. The van der Waals surface area contributed by atoms with Gasteiger partial charge in [-0.15, -0.1) is 0 Å². The van der Waals surface area contributed by atoms with Gasteiger partial charge in [0.25, 0.3) is 5.69 Å². The van der Waals surface area contributed by atoms with Crippen molar-refractivity contribution in [1.29, 1.82) is 0 Å². The van der Waals surface area contributed by atoms with Crippen molar-refractivity contribution in [3.05, 3.63) is 33.6 Å². The van der Waals surface area contributed by atoms with Crippen LogP contribution in [-0.4, -0.2) is 42.3 Å². The first-order chi connectivity index (χ1) is 9.83. The first-order valence-corrected chi connectivity index (χ1v) is 6.27. The van der Waals surface area contributed by atoms with Gasteiger partial charge in [0.2, 0.25) is 0 Å². The highest BCUT2D eigenvalue weighted by Gasteiger charge is 2.26. The largest absolute Gasteiger partial charge is 0.465 e. The van der Waals surface area contributed by atoms with Gasteiger partial charge in [-0.1, -0.05) is 0 Å². The molecule has 21 heavy (non-hydrogen) atoms. The maximum atomic E-state index is 13.8. The second kappa shape index (κ2) is 6.98. The van der Waals surface area contributed by atoms with E-state index >= 15 is 0 Å². The highest BCUT2D eigenvalue weighted by atomic mass is 19.1. The summed E-state index contributed by atoms with van der Waals surface area (Å²) in [6.45, 7) is 3.41. The summed E-state index contributed by atoms with van der Waals surface area (Å²) in [6.07, 6.45) is 0. The van der Waals surface area contributed by atoms with Crippen LogP contribution in [0.4, 0.5) is 15.8 Å². The number of rotatable bonds is 6. The zero-order chi connectivity index (χ0) is 16.2. The van der Waals surface area contributed by atoms with E-state index in [4.69, 9.17) is 5.11 Å². The second-order valence-corrected chi connectivity index (χ2v) is 4.58. The van der Waals surface area contributed by atoms with Crippen LogP contribution in [0.5, 0.6) is 0 Å². The molecule has 0 atom stereocenters. The minimum absolute atomic E-state index is 0.0610. The number of nitro groups is 1. The molecule has 0 radical (unpaired) electrons. The minimum Gasteiger partial charge on any atom is -0.465 e. The molecule has 1 N–H and O–H groups in total. The van der Waals surface area contributed by atoms with Crippen LogP contribution in [-0.2, 0) is 4.74 Å². The van der Waals surface area contributed by atoms with Gasteiger partial charge in [0.1, 0.15) is 11.5 Å². The Morgan fingerprint density at radius 1 is 1.52 bits per heavy atom. The smallest absolute Gasteiger partial charge is 0.340 e. The normalized spacial score (nSPS) is 10.6. The maximum absolute atomic E-state index is 13.8. The average Bonchev–Trinajstić information content (AvgIpc) is 2.43. The quantitative estimate of drug-likeness (QED) is 0.488. The lowest BCUT2D eigenvalue weighted by Crippen LogP contribution is -2.34. The van der Waals surface area contributed by atoms with E-state index in [0.29, 0.717) is 6.07 Å². The number of nitro benzene ring substituents is 1. The summed E-state index contributed by atoms with van der Waals surface area (Å²) in [6, 6.07) is 1.58. The average molecular weight is 300 g/mol. The summed E-state index contributed by atoms with van der Waals surface area (Å²) < 4.78 is 18.3. The fraction of sp³-hybridized carbons (Fsp3) is 0.462. The Kier molecular flexibility index (Phi) is 5.60. The van der Waals surface area contributed by atoms with Crippen molar-refractivity contribution in [3.8, 4) is 0 Å². The van der Waals surface area contributed by atoms with Gasteiger partial charge in [-0.3, -0.25) is 10.1 Å². The Morgan fingerprint density at radius 3 is 2.57 bits per heavy atom. The van der Waals surface area contributed by atoms with E-state index in [1.807, 2.05) is 0 Å². The molecule has 1 rings (SSSR count). The Hall–Kier alpha value is -2.22. The number of carbonyl (C=O) groups excluding carboxylic acids is 1. The molecule has 0 aliphatic heterocycles. The Labute approximate surface area is 121 Å². The van der Waals surface area contributed by atoms with Gasteiger partial charge in [0.15, 0.2) is 0 Å². The summed E-state index contributed by atoms with van der Waals surface area (Å²) in [7, 11) is 1.09. The van der Waals surface area contributed by atoms with Crippen molar-refractivity contribution in [2.75, 3.05) is 25.2 Å². The van der Waals surface area contributed by atoms with Crippen molar-refractivity contribution in [1.82, 2.24) is 0 Å². The monoisotopic (exact) mass is 300 g/mol. The molecule has 1 aromatic rings. The van der Waals surface area contributed by atoms with Gasteiger partial charge in [0, 0.05) is 12.6 Å². The molecule has 7 nitrogen and oxygen atoms in total. The molecule has 1 aromatic carbocycles.